The van der Waals surface area contributed by atoms with E-state index in [4.69, 9.17) is 9.47 Å². The first kappa shape index (κ1) is 15.7. The molecule has 6 nitrogen and oxygen atoms in total. The van der Waals surface area contributed by atoms with E-state index in [0.717, 1.165) is 10.2 Å². The summed E-state index contributed by atoms with van der Waals surface area (Å²) in [7, 11) is 3.00. The minimum Gasteiger partial charge on any atom is -0.493 e. The lowest BCUT2D eigenvalue weighted by atomic mass is 10.1. The summed E-state index contributed by atoms with van der Waals surface area (Å²) in [5.41, 5.74) is 0.794. The number of aryl methyl sites for hydroxylation is 2. The Kier molecular flexibility index (Phi) is 4.04. The van der Waals surface area contributed by atoms with Crippen LogP contribution in [0.1, 0.15) is 16.1 Å². The van der Waals surface area contributed by atoms with Crippen LogP contribution in [-0.4, -0.2) is 22.9 Å². The summed E-state index contributed by atoms with van der Waals surface area (Å²) in [6, 6.07) is 12.1. The van der Waals surface area contributed by atoms with Gasteiger partial charge < -0.3 is 9.47 Å². The van der Waals surface area contributed by atoms with Crippen LogP contribution < -0.4 is 15.0 Å². The van der Waals surface area contributed by atoms with Gasteiger partial charge in [0.15, 0.2) is 17.2 Å². The maximum absolute atomic E-state index is 12.6. The van der Waals surface area contributed by atoms with Gasteiger partial charge in [-0.1, -0.05) is 24.3 Å². The largest absolute Gasteiger partial charge is 0.493 e. The lowest BCUT2D eigenvalue weighted by Crippen LogP contribution is -2.24. The Balaban J connectivity index is 2.07. The van der Waals surface area contributed by atoms with E-state index in [1.165, 1.54) is 14.2 Å². The van der Waals surface area contributed by atoms with Crippen molar-refractivity contribution in [3.8, 4) is 11.5 Å². The second kappa shape index (κ2) is 6.16. The monoisotopic (exact) mass is 324 g/mol. The summed E-state index contributed by atoms with van der Waals surface area (Å²) in [5, 5.41) is 4.93. The molecule has 0 atom stereocenters. The minimum absolute atomic E-state index is 0.0790. The van der Waals surface area contributed by atoms with E-state index in [1.807, 2.05) is 13.0 Å². The van der Waals surface area contributed by atoms with Gasteiger partial charge in [-0.05, 0) is 30.7 Å². The second-order valence-electron chi connectivity index (χ2n) is 5.37. The third kappa shape index (κ3) is 2.74. The van der Waals surface area contributed by atoms with Crippen molar-refractivity contribution in [1.82, 2.24) is 9.78 Å². The average molecular weight is 324 g/mol. The lowest BCUT2D eigenvalue weighted by molar-refractivity contribution is 0.0723. The van der Waals surface area contributed by atoms with Gasteiger partial charge in [-0.2, -0.15) is 5.10 Å². The van der Waals surface area contributed by atoms with E-state index in [-0.39, 0.29) is 11.3 Å². The molecular weight excluding hydrogens is 308 g/mol. The van der Waals surface area contributed by atoms with E-state index in [9.17, 15) is 9.59 Å². The molecule has 1 aromatic heterocycles. The van der Waals surface area contributed by atoms with Crippen LogP contribution in [0.25, 0.3) is 10.8 Å². The van der Waals surface area contributed by atoms with Gasteiger partial charge in [0, 0.05) is 12.4 Å². The number of benzene rings is 2. The molecule has 0 saturated heterocycles. The molecule has 0 aliphatic carbocycles. The Bertz CT molecular complexity index is 992. The van der Waals surface area contributed by atoms with Crippen LogP contribution in [0.2, 0.25) is 0 Å². The number of nitrogens with zero attached hydrogens (tertiary/aromatic N) is 2. The molecule has 0 radical (unpaired) electrons. The van der Waals surface area contributed by atoms with Crippen LogP contribution in [0.4, 0.5) is 0 Å². The molecule has 1 heterocycles. The molecule has 3 rings (SSSR count). The van der Waals surface area contributed by atoms with Crippen LogP contribution >= 0.6 is 0 Å². The lowest BCUT2D eigenvalue weighted by Gasteiger charge is -2.11. The van der Waals surface area contributed by atoms with Crippen molar-refractivity contribution in [1.29, 1.82) is 0 Å². The van der Waals surface area contributed by atoms with Crippen molar-refractivity contribution in [2.24, 2.45) is 7.05 Å². The zero-order valence-electron chi connectivity index (χ0n) is 13.6. The third-order valence-electron chi connectivity index (χ3n) is 3.67. The summed E-state index contributed by atoms with van der Waals surface area (Å²) in [6.45, 7) is 1.91. The third-order valence-corrected chi connectivity index (χ3v) is 3.67. The first-order chi connectivity index (χ1) is 11.5. The summed E-state index contributed by atoms with van der Waals surface area (Å²) in [5.74, 6) is 0.106. The molecule has 6 heteroatoms. The van der Waals surface area contributed by atoms with Crippen molar-refractivity contribution in [3.63, 3.8) is 0 Å². The topological polar surface area (TPSA) is 70.4 Å². The highest BCUT2D eigenvalue weighted by atomic mass is 16.6. The number of carbonyl (C=O) groups is 1. The average Bonchev–Trinajstić information content (AvgIpc) is 2.59. The van der Waals surface area contributed by atoms with Crippen molar-refractivity contribution in [2.75, 3.05) is 7.11 Å². The molecule has 2 aromatic carbocycles. The Morgan fingerprint density at radius 3 is 2.50 bits per heavy atom. The normalized spacial score (nSPS) is 10.6. The summed E-state index contributed by atoms with van der Waals surface area (Å²) in [6.07, 6.45) is 0. The summed E-state index contributed by atoms with van der Waals surface area (Å²) >= 11 is 0. The molecule has 24 heavy (non-hydrogen) atoms. The number of carbonyl (C=O) groups excluding carboxylic acids is 1. The first-order valence-corrected chi connectivity index (χ1v) is 7.34. The summed E-state index contributed by atoms with van der Waals surface area (Å²) in [4.78, 5) is 24.7. The van der Waals surface area contributed by atoms with Gasteiger partial charge in [0.25, 0.3) is 5.56 Å². The fourth-order valence-electron chi connectivity index (χ4n) is 2.46. The van der Waals surface area contributed by atoms with Crippen molar-refractivity contribution >= 4 is 16.7 Å². The minimum atomic E-state index is -0.649. The van der Waals surface area contributed by atoms with Crippen LogP contribution in [0.15, 0.2) is 47.3 Å². The Hall–Kier alpha value is -3.15. The number of aromatic nitrogens is 2. The zero-order valence-corrected chi connectivity index (χ0v) is 13.6. The van der Waals surface area contributed by atoms with Crippen molar-refractivity contribution in [2.45, 2.75) is 6.92 Å². The Morgan fingerprint density at radius 1 is 1.08 bits per heavy atom. The summed E-state index contributed by atoms with van der Waals surface area (Å²) < 4.78 is 11.8. The van der Waals surface area contributed by atoms with E-state index in [2.05, 4.69) is 5.10 Å². The fraction of sp³-hybridized carbons (Fsp3) is 0.167. The van der Waals surface area contributed by atoms with Crippen LogP contribution in [-0.2, 0) is 7.05 Å². The molecule has 0 saturated carbocycles. The van der Waals surface area contributed by atoms with Gasteiger partial charge in [0.1, 0.15) is 0 Å². The van der Waals surface area contributed by atoms with Gasteiger partial charge in [-0.25, -0.2) is 9.48 Å². The number of fused-ring (bicyclic) bond motifs is 1. The van der Waals surface area contributed by atoms with Crippen LogP contribution in [0.5, 0.6) is 11.5 Å². The second-order valence-corrected chi connectivity index (χ2v) is 5.37. The van der Waals surface area contributed by atoms with E-state index in [0.29, 0.717) is 22.3 Å². The molecule has 0 aliphatic rings. The number of hydrogen-bond donors (Lipinski definition) is 0. The maximum atomic E-state index is 12.6. The fourth-order valence-corrected chi connectivity index (χ4v) is 2.46. The first-order valence-electron chi connectivity index (χ1n) is 7.34. The molecule has 0 N–H and O–H groups in total. The van der Waals surface area contributed by atoms with Gasteiger partial charge in [0.2, 0.25) is 0 Å². The smallest absolute Gasteiger partial charge is 0.364 e. The SMILES string of the molecule is COc1cc(C)ccc1OC(=O)c1nn(C)c(=O)c2ccccc12. The molecule has 0 aliphatic heterocycles. The molecule has 3 aromatic rings. The predicted octanol–water partition coefficient (Wildman–Crippen LogP) is 2.47. The number of esters is 1. The van der Waals surface area contributed by atoms with E-state index >= 15 is 0 Å². The van der Waals surface area contributed by atoms with Gasteiger partial charge in [-0.3, -0.25) is 4.79 Å². The van der Waals surface area contributed by atoms with Gasteiger partial charge in [0.05, 0.1) is 12.5 Å². The highest BCUT2D eigenvalue weighted by Gasteiger charge is 2.19. The number of methoxy groups -OCH3 is 1. The standard InChI is InChI=1S/C18H16N2O4/c1-11-8-9-14(15(10-11)23-3)24-18(22)16-12-6-4-5-7-13(12)17(21)20(2)19-16/h4-10H,1-3H3. The highest BCUT2D eigenvalue weighted by Crippen LogP contribution is 2.28. The molecule has 0 bridgehead atoms. The van der Waals surface area contributed by atoms with Crippen LogP contribution in [0, 0.1) is 6.92 Å². The highest BCUT2D eigenvalue weighted by molar-refractivity contribution is 6.03. The molecule has 0 spiro atoms. The van der Waals surface area contributed by atoms with Crippen molar-refractivity contribution < 1.29 is 14.3 Å². The number of ether oxygens (including phenoxy) is 2. The number of hydrogen-bond acceptors (Lipinski definition) is 5. The van der Waals surface area contributed by atoms with E-state index < -0.39 is 5.97 Å². The van der Waals surface area contributed by atoms with E-state index in [1.54, 1.807) is 36.4 Å². The molecule has 0 amide bonds. The molecule has 122 valence electrons. The van der Waals surface area contributed by atoms with Crippen molar-refractivity contribution in [3.05, 3.63) is 64.1 Å². The Morgan fingerprint density at radius 2 is 1.79 bits per heavy atom. The van der Waals surface area contributed by atoms with Crippen LogP contribution in [0.3, 0.4) is 0 Å². The zero-order chi connectivity index (χ0) is 17.3. The quantitative estimate of drug-likeness (QED) is 0.547. The molecule has 0 fully saturated rings. The van der Waals surface area contributed by atoms with Gasteiger partial charge in [-0.15, -0.1) is 0 Å². The number of rotatable bonds is 3. The molecule has 0 unspecified atom stereocenters. The maximum Gasteiger partial charge on any atom is 0.364 e. The molecular formula is C18H16N2O4. The van der Waals surface area contributed by atoms with Gasteiger partial charge >= 0.3 is 5.97 Å². The predicted molar refractivity (Wildman–Crippen MR) is 89.7 cm³/mol. The Labute approximate surface area is 138 Å².